The molecule has 0 saturated heterocycles. The molecule has 0 aromatic heterocycles. The van der Waals surface area contributed by atoms with E-state index in [4.69, 9.17) is 12.2 Å². The van der Waals surface area contributed by atoms with Crippen LogP contribution in [0.25, 0.3) is 0 Å². The van der Waals surface area contributed by atoms with Crippen LogP contribution in [0, 0.1) is 19.7 Å². The van der Waals surface area contributed by atoms with Gasteiger partial charge in [0.2, 0.25) is 0 Å². The quantitative estimate of drug-likeness (QED) is 0.852. The van der Waals surface area contributed by atoms with Gasteiger partial charge in [-0.25, -0.2) is 4.39 Å². The van der Waals surface area contributed by atoms with Crippen molar-refractivity contribution < 1.29 is 4.39 Å². The molecule has 0 fully saturated rings. The Kier molecular flexibility index (Phi) is 4.91. The van der Waals surface area contributed by atoms with Crippen LogP contribution in [0.5, 0.6) is 0 Å². The molecule has 2 aromatic rings. The van der Waals surface area contributed by atoms with Crippen LogP contribution < -0.4 is 5.32 Å². The zero-order valence-electron chi connectivity index (χ0n) is 12.5. The van der Waals surface area contributed by atoms with Gasteiger partial charge in [0.15, 0.2) is 5.11 Å². The van der Waals surface area contributed by atoms with Gasteiger partial charge in [-0.15, -0.1) is 0 Å². The highest BCUT2D eigenvalue weighted by atomic mass is 32.1. The van der Waals surface area contributed by atoms with E-state index in [1.54, 1.807) is 6.07 Å². The summed E-state index contributed by atoms with van der Waals surface area (Å²) >= 11 is 5.40. The molecule has 21 heavy (non-hydrogen) atoms. The average molecular weight is 302 g/mol. The number of halogens is 1. The summed E-state index contributed by atoms with van der Waals surface area (Å²) in [5, 5.41) is 3.84. The Balaban J connectivity index is 2.02. The first kappa shape index (κ1) is 15.4. The van der Waals surface area contributed by atoms with E-state index in [-0.39, 0.29) is 5.82 Å². The lowest BCUT2D eigenvalue weighted by Gasteiger charge is -2.21. The molecule has 0 radical (unpaired) electrons. The van der Waals surface area contributed by atoms with Crippen LogP contribution in [-0.2, 0) is 6.54 Å². The van der Waals surface area contributed by atoms with Gasteiger partial charge in [-0.1, -0.05) is 18.2 Å². The summed E-state index contributed by atoms with van der Waals surface area (Å²) in [6.07, 6.45) is 0. The molecule has 4 heteroatoms. The number of hydrogen-bond donors (Lipinski definition) is 1. The molecule has 0 saturated carbocycles. The van der Waals surface area contributed by atoms with Crippen molar-refractivity contribution >= 4 is 23.0 Å². The summed E-state index contributed by atoms with van der Waals surface area (Å²) in [7, 11) is 1.89. The van der Waals surface area contributed by atoms with Gasteiger partial charge < -0.3 is 10.2 Å². The minimum Gasteiger partial charge on any atom is -0.348 e. The second kappa shape index (κ2) is 6.68. The minimum atomic E-state index is -0.228. The van der Waals surface area contributed by atoms with Crippen molar-refractivity contribution in [2.45, 2.75) is 20.4 Å². The number of benzene rings is 2. The molecule has 0 aliphatic carbocycles. The molecule has 2 rings (SSSR count). The second-order valence-electron chi connectivity index (χ2n) is 5.29. The fourth-order valence-electron chi connectivity index (χ4n) is 2.25. The molecule has 0 aliphatic heterocycles. The highest BCUT2D eigenvalue weighted by Gasteiger charge is 2.07. The highest BCUT2D eigenvalue weighted by Crippen LogP contribution is 2.15. The first-order chi connectivity index (χ1) is 9.94. The van der Waals surface area contributed by atoms with Gasteiger partial charge in [0.25, 0.3) is 0 Å². The van der Waals surface area contributed by atoms with E-state index in [0.29, 0.717) is 11.7 Å². The summed E-state index contributed by atoms with van der Waals surface area (Å²) in [5.74, 6) is -0.228. The fourth-order valence-corrected chi connectivity index (χ4v) is 2.43. The van der Waals surface area contributed by atoms with E-state index < -0.39 is 0 Å². The minimum absolute atomic E-state index is 0.228. The Morgan fingerprint density at radius 1 is 1.14 bits per heavy atom. The third kappa shape index (κ3) is 4.53. The van der Waals surface area contributed by atoms with Gasteiger partial charge in [-0.05, 0) is 67.0 Å². The summed E-state index contributed by atoms with van der Waals surface area (Å²) in [6.45, 7) is 4.67. The number of hydrogen-bond acceptors (Lipinski definition) is 1. The van der Waals surface area contributed by atoms with Crippen molar-refractivity contribution in [1.29, 1.82) is 0 Å². The van der Waals surface area contributed by atoms with E-state index >= 15 is 0 Å². The van der Waals surface area contributed by atoms with Crippen molar-refractivity contribution in [3.63, 3.8) is 0 Å². The molecule has 0 unspecified atom stereocenters. The third-order valence-corrected chi connectivity index (χ3v) is 3.54. The monoisotopic (exact) mass is 302 g/mol. The van der Waals surface area contributed by atoms with Gasteiger partial charge in [0, 0.05) is 19.3 Å². The molecule has 110 valence electrons. The van der Waals surface area contributed by atoms with Crippen molar-refractivity contribution in [3.8, 4) is 0 Å². The molecule has 0 amide bonds. The van der Waals surface area contributed by atoms with Crippen molar-refractivity contribution in [2.24, 2.45) is 0 Å². The number of thiocarbonyl (C=S) groups is 1. The normalized spacial score (nSPS) is 10.3. The van der Waals surface area contributed by atoms with Crippen LogP contribution in [0.3, 0.4) is 0 Å². The highest BCUT2D eigenvalue weighted by molar-refractivity contribution is 7.80. The molecule has 1 N–H and O–H groups in total. The summed E-state index contributed by atoms with van der Waals surface area (Å²) in [5.41, 5.74) is 4.24. The fraction of sp³-hybridized carbons (Fsp3) is 0.235. The Morgan fingerprint density at radius 3 is 2.43 bits per heavy atom. The number of nitrogens with one attached hydrogen (secondary N) is 1. The zero-order valence-corrected chi connectivity index (χ0v) is 13.3. The van der Waals surface area contributed by atoms with Gasteiger partial charge in [0.1, 0.15) is 5.82 Å². The summed E-state index contributed by atoms with van der Waals surface area (Å²) < 4.78 is 13.2. The molecule has 0 bridgehead atoms. The van der Waals surface area contributed by atoms with E-state index in [9.17, 15) is 4.39 Å². The Morgan fingerprint density at radius 2 is 1.81 bits per heavy atom. The molecule has 0 atom stereocenters. The van der Waals surface area contributed by atoms with Crippen LogP contribution in [0.4, 0.5) is 10.1 Å². The first-order valence-corrected chi connectivity index (χ1v) is 7.20. The number of nitrogens with zero attached hydrogens (tertiary/aromatic N) is 1. The lowest BCUT2D eigenvalue weighted by Crippen LogP contribution is -2.30. The van der Waals surface area contributed by atoms with Gasteiger partial charge in [0.05, 0.1) is 0 Å². The van der Waals surface area contributed by atoms with Gasteiger partial charge in [-0.2, -0.15) is 0 Å². The smallest absolute Gasteiger partial charge is 0.173 e. The number of anilines is 1. The molecular weight excluding hydrogens is 283 g/mol. The molecule has 2 nitrogen and oxygen atoms in total. The Hall–Kier alpha value is -1.94. The summed E-state index contributed by atoms with van der Waals surface area (Å²) in [6, 6.07) is 12.8. The lowest BCUT2D eigenvalue weighted by molar-refractivity contribution is 0.505. The standard InChI is InChI=1S/C17H19FN2S/c1-12-7-13(2)9-16(8-12)19-17(21)20(3)11-14-5-4-6-15(18)10-14/h4-10H,11H2,1-3H3,(H,19,21). The SMILES string of the molecule is Cc1cc(C)cc(NC(=S)N(C)Cc2cccc(F)c2)c1. The maximum atomic E-state index is 13.2. The van der Waals surface area contributed by atoms with E-state index in [0.717, 1.165) is 11.3 Å². The Labute approximate surface area is 130 Å². The first-order valence-electron chi connectivity index (χ1n) is 6.79. The summed E-state index contributed by atoms with van der Waals surface area (Å²) in [4.78, 5) is 1.89. The number of aryl methyl sites for hydroxylation is 2. The maximum Gasteiger partial charge on any atom is 0.173 e. The molecular formula is C17H19FN2S. The zero-order chi connectivity index (χ0) is 15.4. The van der Waals surface area contributed by atoms with E-state index in [1.165, 1.54) is 23.3 Å². The Bertz CT molecular complexity index is 635. The largest absolute Gasteiger partial charge is 0.348 e. The molecule has 0 spiro atoms. The van der Waals surface area contributed by atoms with Crippen molar-refractivity contribution in [3.05, 3.63) is 65.0 Å². The van der Waals surface area contributed by atoms with Crippen LogP contribution >= 0.6 is 12.2 Å². The third-order valence-electron chi connectivity index (χ3n) is 3.13. The molecule has 2 aromatic carbocycles. The van der Waals surface area contributed by atoms with E-state index in [2.05, 4.69) is 37.4 Å². The van der Waals surface area contributed by atoms with Crippen LogP contribution in [0.2, 0.25) is 0 Å². The maximum absolute atomic E-state index is 13.2. The van der Waals surface area contributed by atoms with Crippen LogP contribution in [-0.4, -0.2) is 17.1 Å². The topological polar surface area (TPSA) is 15.3 Å². The predicted molar refractivity (Wildman–Crippen MR) is 90.0 cm³/mol. The lowest BCUT2D eigenvalue weighted by atomic mass is 10.1. The van der Waals surface area contributed by atoms with Crippen LogP contribution in [0.15, 0.2) is 42.5 Å². The molecule has 0 aliphatic rings. The van der Waals surface area contributed by atoms with Crippen LogP contribution in [0.1, 0.15) is 16.7 Å². The molecule has 0 heterocycles. The van der Waals surface area contributed by atoms with Crippen molar-refractivity contribution in [2.75, 3.05) is 12.4 Å². The van der Waals surface area contributed by atoms with Gasteiger partial charge in [-0.3, -0.25) is 0 Å². The van der Waals surface area contributed by atoms with E-state index in [1.807, 2.05) is 18.0 Å². The van der Waals surface area contributed by atoms with Crippen molar-refractivity contribution in [1.82, 2.24) is 4.90 Å². The predicted octanol–water partition coefficient (Wildman–Crippen LogP) is 4.27. The van der Waals surface area contributed by atoms with Gasteiger partial charge >= 0.3 is 0 Å². The number of rotatable bonds is 3. The average Bonchev–Trinajstić information content (AvgIpc) is 2.37. The second-order valence-corrected chi connectivity index (χ2v) is 5.68.